The fraction of sp³-hybridized carbons (Fsp3) is 0.355. The Morgan fingerprint density at radius 1 is 1.11 bits per heavy atom. The third-order valence-corrected chi connectivity index (χ3v) is 7.07. The van der Waals surface area contributed by atoms with Crippen LogP contribution in [0.5, 0.6) is 0 Å². The number of esters is 1. The summed E-state index contributed by atoms with van der Waals surface area (Å²) in [5, 5.41) is 10.7. The molecule has 1 aliphatic rings. The minimum atomic E-state index is -1.05. The van der Waals surface area contributed by atoms with Gasteiger partial charge in [-0.3, -0.25) is 9.59 Å². The Hall–Kier alpha value is -3.51. The quantitative estimate of drug-likeness (QED) is 0.271. The summed E-state index contributed by atoms with van der Waals surface area (Å²) in [4.78, 5) is 23.6. The summed E-state index contributed by atoms with van der Waals surface area (Å²) in [6.45, 7) is 5.31. The van der Waals surface area contributed by atoms with Crippen LogP contribution < -0.4 is 0 Å². The van der Waals surface area contributed by atoms with E-state index in [1.165, 1.54) is 24.9 Å². The molecule has 4 rings (SSSR count). The summed E-state index contributed by atoms with van der Waals surface area (Å²) < 4.78 is 20.8. The van der Waals surface area contributed by atoms with E-state index in [0.717, 1.165) is 47.3 Å². The molecule has 5 nitrogen and oxygen atoms in total. The number of ketones is 1. The highest BCUT2D eigenvalue weighted by molar-refractivity contribution is 5.96. The van der Waals surface area contributed by atoms with Crippen LogP contribution in [-0.4, -0.2) is 34.6 Å². The van der Waals surface area contributed by atoms with Gasteiger partial charge in [0, 0.05) is 35.7 Å². The summed E-state index contributed by atoms with van der Waals surface area (Å²) >= 11 is 0. The van der Waals surface area contributed by atoms with Crippen molar-refractivity contribution in [3.05, 3.63) is 77.7 Å². The molecule has 37 heavy (non-hydrogen) atoms. The van der Waals surface area contributed by atoms with Gasteiger partial charge in [0.05, 0.1) is 18.9 Å². The van der Waals surface area contributed by atoms with Crippen LogP contribution in [0.3, 0.4) is 0 Å². The van der Waals surface area contributed by atoms with Crippen molar-refractivity contribution in [3.8, 4) is 22.4 Å². The lowest BCUT2D eigenvalue weighted by Crippen LogP contribution is -2.20. The van der Waals surface area contributed by atoms with Gasteiger partial charge in [0.15, 0.2) is 0 Å². The molecule has 1 aromatic heterocycles. The maximum absolute atomic E-state index is 13.9. The summed E-state index contributed by atoms with van der Waals surface area (Å²) in [5.74, 6) is -0.591. The Morgan fingerprint density at radius 3 is 2.46 bits per heavy atom. The predicted molar refractivity (Wildman–Crippen MR) is 143 cm³/mol. The number of benzene rings is 2. The molecule has 6 heteroatoms. The monoisotopic (exact) mass is 503 g/mol. The van der Waals surface area contributed by atoms with E-state index >= 15 is 0 Å². The fourth-order valence-corrected chi connectivity index (χ4v) is 5.33. The second-order valence-electron chi connectivity index (χ2n) is 9.96. The summed E-state index contributed by atoms with van der Waals surface area (Å²) in [7, 11) is 1.23. The highest BCUT2D eigenvalue weighted by Gasteiger charge is 2.32. The van der Waals surface area contributed by atoms with Gasteiger partial charge in [-0.05, 0) is 42.0 Å². The molecule has 2 aromatic carbocycles. The molecule has 1 N–H and O–H groups in total. The lowest BCUT2D eigenvalue weighted by atomic mass is 9.83. The van der Waals surface area contributed by atoms with Gasteiger partial charge in [-0.1, -0.05) is 68.5 Å². The number of aliphatic hydroxyl groups excluding tert-OH is 1. The molecule has 194 valence electrons. The Balaban J connectivity index is 1.87. The third-order valence-electron chi connectivity index (χ3n) is 7.07. The first-order chi connectivity index (χ1) is 17.8. The molecule has 0 bridgehead atoms. The van der Waals surface area contributed by atoms with E-state index < -0.39 is 12.1 Å². The van der Waals surface area contributed by atoms with Crippen LogP contribution in [0.25, 0.3) is 28.5 Å². The predicted octanol–water partition coefficient (Wildman–Crippen LogP) is 6.39. The zero-order chi connectivity index (χ0) is 26.5. The number of carbonyl (C=O) groups is 2. The zero-order valence-electron chi connectivity index (χ0n) is 21.6. The number of carbonyl (C=O) groups excluding carboxylic acids is 2. The van der Waals surface area contributed by atoms with Gasteiger partial charge in [0.25, 0.3) is 0 Å². The van der Waals surface area contributed by atoms with Crippen molar-refractivity contribution < 1.29 is 23.8 Å². The molecular weight excluding hydrogens is 469 g/mol. The van der Waals surface area contributed by atoms with Crippen LogP contribution in [0.4, 0.5) is 4.39 Å². The minimum Gasteiger partial charge on any atom is -0.469 e. The van der Waals surface area contributed by atoms with E-state index in [1.807, 2.05) is 24.3 Å². The molecule has 3 aromatic rings. The zero-order valence-corrected chi connectivity index (χ0v) is 21.6. The summed E-state index contributed by atoms with van der Waals surface area (Å²) in [6, 6.07) is 16.7. The maximum atomic E-state index is 13.9. The van der Waals surface area contributed by atoms with Crippen LogP contribution in [0, 0.1) is 11.7 Å². The van der Waals surface area contributed by atoms with Gasteiger partial charge in [-0.2, -0.15) is 0 Å². The number of halogens is 1. The van der Waals surface area contributed by atoms with E-state index in [1.54, 1.807) is 18.2 Å². The van der Waals surface area contributed by atoms with E-state index in [4.69, 9.17) is 0 Å². The highest BCUT2D eigenvalue weighted by atomic mass is 19.1. The van der Waals surface area contributed by atoms with Gasteiger partial charge in [0.2, 0.25) is 0 Å². The molecule has 0 amide bonds. The SMILES string of the molecule is COC(=O)CC(=O)CC(O)/C=C/c1c(-c2ccc(F)cc2)c(-c2ccccc2)n2c1C(C(C)C)CCC2. The molecule has 0 saturated heterocycles. The van der Waals surface area contributed by atoms with Crippen LogP contribution in [0.1, 0.15) is 56.7 Å². The van der Waals surface area contributed by atoms with Crippen LogP contribution in [-0.2, 0) is 20.9 Å². The third kappa shape index (κ3) is 5.91. The summed E-state index contributed by atoms with van der Waals surface area (Å²) in [6.07, 6.45) is 4.05. The molecule has 2 heterocycles. The van der Waals surface area contributed by atoms with Gasteiger partial charge in [-0.25, -0.2) is 4.39 Å². The molecule has 2 atom stereocenters. The number of hydrogen-bond donors (Lipinski definition) is 1. The number of rotatable bonds is 9. The molecule has 0 fully saturated rings. The summed E-state index contributed by atoms with van der Waals surface area (Å²) in [5.41, 5.74) is 6.19. The van der Waals surface area contributed by atoms with E-state index in [9.17, 15) is 19.1 Å². The Morgan fingerprint density at radius 2 is 1.81 bits per heavy atom. The molecular formula is C31H34FNO4. The van der Waals surface area contributed by atoms with E-state index in [2.05, 4.69) is 35.3 Å². The number of fused-ring (bicyclic) bond motifs is 1. The lowest BCUT2D eigenvalue weighted by Gasteiger charge is -2.30. The Labute approximate surface area is 217 Å². The van der Waals surface area contributed by atoms with Crippen molar-refractivity contribution in [1.29, 1.82) is 0 Å². The molecule has 0 aliphatic carbocycles. The van der Waals surface area contributed by atoms with Crippen molar-refractivity contribution in [2.45, 2.75) is 58.1 Å². The van der Waals surface area contributed by atoms with Crippen molar-refractivity contribution in [1.82, 2.24) is 4.57 Å². The van der Waals surface area contributed by atoms with Gasteiger partial charge < -0.3 is 14.4 Å². The number of aliphatic hydroxyl groups is 1. The number of nitrogens with zero attached hydrogens (tertiary/aromatic N) is 1. The second-order valence-corrected chi connectivity index (χ2v) is 9.96. The Kier molecular flexibility index (Phi) is 8.39. The topological polar surface area (TPSA) is 68.5 Å². The van der Waals surface area contributed by atoms with Gasteiger partial charge in [-0.15, -0.1) is 0 Å². The van der Waals surface area contributed by atoms with E-state index in [-0.39, 0.29) is 24.4 Å². The first kappa shape index (κ1) is 26.6. The average molecular weight is 504 g/mol. The molecule has 2 unspecified atom stereocenters. The molecule has 0 spiro atoms. The fourth-order valence-electron chi connectivity index (χ4n) is 5.33. The van der Waals surface area contributed by atoms with Crippen LogP contribution in [0.2, 0.25) is 0 Å². The standard InChI is InChI=1S/C31H34FNO4/c1-20(2)26-10-7-17-33-30(22-8-5-4-6-9-22)29(21-11-13-23(32)14-12-21)27(31(26)33)16-15-24(34)18-25(35)19-28(36)37-3/h4-6,8-9,11-16,20,24,26,34H,7,10,17-19H2,1-3H3/b16-15+. The normalized spacial score (nSPS) is 16.1. The van der Waals surface area contributed by atoms with Crippen LogP contribution >= 0.6 is 0 Å². The van der Waals surface area contributed by atoms with Crippen molar-refractivity contribution in [2.24, 2.45) is 5.92 Å². The van der Waals surface area contributed by atoms with E-state index in [0.29, 0.717) is 11.8 Å². The number of Topliss-reactive ketones (excluding diaryl/α,β-unsaturated/α-hetero) is 1. The number of hydrogen-bond acceptors (Lipinski definition) is 4. The van der Waals surface area contributed by atoms with Crippen molar-refractivity contribution in [2.75, 3.05) is 7.11 Å². The largest absolute Gasteiger partial charge is 0.469 e. The second kappa shape index (κ2) is 11.7. The van der Waals surface area contributed by atoms with Gasteiger partial charge >= 0.3 is 5.97 Å². The smallest absolute Gasteiger partial charge is 0.313 e. The van der Waals surface area contributed by atoms with Crippen molar-refractivity contribution >= 4 is 17.8 Å². The lowest BCUT2D eigenvalue weighted by molar-refractivity contribution is -0.143. The number of ether oxygens (including phenoxy) is 1. The number of aromatic nitrogens is 1. The Bertz CT molecular complexity index is 1270. The average Bonchev–Trinajstić information content (AvgIpc) is 3.22. The molecule has 1 aliphatic heterocycles. The molecule has 0 saturated carbocycles. The van der Waals surface area contributed by atoms with Crippen LogP contribution in [0.15, 0.2) is 60.7 Å². The number of methoxy groups -OCH3 is 1. The maximum Gasteiger partial charge on any atom is 0.313 e. The van der Waals surface area contributed by atoms with Gasteiger partial charge in [0.1, 0.15) is 18.0 Å². The minimum absolute atomic E-state index is 0.174. The van der Waals surface area contributed by atoms with Crippen molar-refractivity contribution in [3.63, 3.8) is 0 Å². The first-order valence-electron chi connectivity index (χ1n) is 12.8. The highest BCUT2D eigenvalue weighted by Crippen LogP contribution is 2.47. The molecule has 0 radical (unpaired) electrons. The first-order valence-corrected chi connectivity index (χ1v) is 12.8.